The molecule has 0 saturated heterocycles. The molecule has 0 amide bonds. The lowest BCUT2D eigenvalue weighted by Gasteiger charge is -2.12. The van der Waals surface area contributed by atoms with E-state index in [2.05, 4.69) is 4.98 Å². The van der Waals surface area contributed by atoms with Gasteiger partial charge in [0.15, 0.2) is 5.75 Å². The second-order valence-electron chi connectivity index (χ2n) is 2.75. The third-order valence-electron chi connectivity index (χ3n) is 1.96. The SMILES string of the molecule is COc1ncc(B(O)O)c(C)c1OC. The summed E-state index contributed by atoms with van der Waals surface area (Å²) in [5.41, 5.74) is 0.914. The van der Waals surface area contributed by atoms with Gasteiger partial charge in [0.2, 0.25) is 0 Å². The summed E-state index contributed by atoms with van der Waals surface area (Å²) in [5, 5.41) is 18.0. The van der Waals surface area contributed by atoms with Crippen LogP contribution in [-0.2, 0) is 0 Å². The van der Waals surface area contributed by atoms with Gasteiger partial charge in [0.1, 0.15) is 0 Å². The molecule has 5 nitrogen and oxygen atoms in total. The highest BCUT2D eigenvalue weighted by Gasteiger charge is 2.20. The highest BCUT2D eigenvalue weighted by atomic mass is 16.5. The van der Waals surface area contributed by atoms with Crippen LogP contribution in [0.3, 0.4) is 0 Å². The lowest BCUT2D eigenvalue weighted by atomic mass is 9.78. The normalized spacial score (nSPS) is 9.79. The van der Waals surface area contributed by atoms with Crippen molar-refractivity contribution in [1.29, 1.82) is 0 Å². The maximum absolute atomic E-state index is 9.01. The zero-order valence-corrected chi connectivity index (χ0v) is 8.31. The van der Waals surface area contributed by atoms with Crippen molar-refractivity contribution in [2.45, 2.75) is 6.92 Å². The average Bonchev–Trinajstić information content (AvgIpc) is 2.16. The standard InChI is InChI=1S/C8H12BNO4/c1-5-6(9(11)12)4-10-8(14-3)7(5)13-2/h4,11-12H,1-3H3. The van der Waals surface area contributed by atoms with E-state index in [0.717, 1.165) is 0 Å². The number of hydrogen-bond donors (Lipinski definition) is 2. The van der Waals surface area contributed by atoms with Crippen LogP contribution >= 0.6 is 0 Å². The maximum atomic E-state index is 9.01. The van der Waals surface area contributed by atoms with Crippen LogP contribution in [0, 0.1) is 6.92 Å². The van der Waals surface area contributed by atoms with Crippen LogP contribution in [0.15, 0.2) is 6.20 Å². The van der Waals surface area contributed by atoms with Gasteiger partial charge in [-0.05, 0) is 12.5 Å². The van der Waals surface area contributed by atoms with Crippen molar-refractivity contribution in [2.75, 3.05) is 14.2 Å². The number of hydrogen-bond acceptors (Lipinski definition) is 5. The molecule has 0 spiro atoms. The van der Waals surface area contributed by atoms with E-state index in [1.54, 1.807) is 6.92 Å². The Morgan fingerprint density at radius 2 is 1.93 bits per heavy atom. The summed E-state index contributed by atoms with van der Waals surface area (Å²) in [4.78, 5) is 3.88. The number of pyridine rings is 1. The van der Waals surface area contributed by atoms with E-state index in [0.29, 0.717) is 22.7 Å². The summed E-state index contributed by atoms with van der Waals surface area (Å²) >= 11 is 0. The molecule has 0 aliphatic carbocycles. The van der Waals surface area contributed by atoms with Crippen LogP contribution in [0.25, 0.3) is 0 Å². The molecule has 0 radical (unpaired) electrons. The molecule has 0 bridgehead atoms. The largest absolute Gasteiger partial charge is 0.491 e. The van der Waals surface area contributed by atoms with Gasteiger partial charge in [-0.2, -0.15) is 0 Å². The molecule has 0 aromatic carbocycles. The van der Waals surface area contributed by atoms with E-state index in [4.69, 9.17) is 19.5 Å². The predicted molar refractivity (Wildman–Crippen MR) is 51.9 cm³/mol. The third-order valence-corrected chi connectivity index (χ3v) is 1.96. The van der Waals surface area contributed by atoms with Gasteiger partial charge in [0, 0.05) is 11.7 Å². The summed E-state index contributed by atoms with van der Waals surface area (Å²) in [6.07, 6.45) is 1.35. The Balaban J connectivity index is 3.27. The second kappa shape index (κ2) is 4.30. The predicted octanol–water partition coefficient (Wildman–Crippen LogP) is -0.913. The molecule has 0 aliphatic rings. The fraction of sp³-hybridized carbons (Fsp3) is 0.375. The molecule has 1 rings (SSSR count). The van der Waals surface area contributed by atoms with Crippen molar-refractivity contribution < 1.29 is 19.5 Å². The molecule has 0 atom stereocenters. The van der Waals surface area contributed by atoms with Gasteiger partial charge < -0.3 is 19.5 Å². The lowest BCUT2D eigenvalue weighted by molar-refractivity contribution is 0.341. The summed E-state index contributed by atoms with van der Waals surface area (Å²) < 4.78 is 10.0. The molecule has 1 aromatic rings. The van der Waals surface area contributed by atoms with Crippen molar-refractivity contribution in [3.8, 4) is 11.6 Å². The molecule has 0 unspecified atom stereocenters. The first kappa shape index (κ1) is 10.8. The molecule has 76 valence electrons. The quantitative estimate of drug-likeness (QED) is 0.613. The molecule has 1 aromatic heterocycles. The highest BCUT2D eigenvalue weighted by Crippen LogP contribution is 2.26. The second-order valence-corrected chi connectivity index (χ2v) is 2.75. The van der Waals surface area contributed by atoms with Gasteiger partial charge >= 0.3 is 7.12 Å². The minimum absolute atomic E-state index is 0.308. The first-order valence-corrected chi connectivity index (χ1v) is 4.05. The molecule has 0 fully saturated rings. The first-order valence-electron chi connectivity index (χ1n) is 4.05. The van der Waals surface area contributed by atoms with Gasteiger partial charge in [-0.15, -0.1) is 0 Å². The Morgan fingerprint density at radius 3 is 2.36 bits per heavy atom. The van der Waals surface area contributed by atoms with Crippen LogP contribution in [0.4, 0.5) is 0 Å². The van der Waals surface area contributed by atoms with Gasteiger partial charge in [-0.25, -0.2) is 4.98 Å². The summed E-state index contributed by atoms with van der Waals surface area (Å²) in [6.45, 7) is 1.71. The van der Waals surface area contributed by atoms with Gasteiger partial charge in [0.05, 0.1) is 14.2 Å². The zero-order chi connectivity index (χ0) is 10.7. The van der Waals surface area contributed by atoms with Gasteiger partial charge in [0.25, 0.3) is 5.88 Å². The van der Waals surface area contributed by atoms with Crippen LogP contribution in [0.5, 0.6) is 11.6 Å². The maximum Gasteiger partial charge on any atom is 0.490 e. The van der Waals surface area contributed by atoms with E-state index in [1.807, 2.05) is 0 Å². The Hall–Kier alpha value is -1.27. The minimum atomic E-state index is -1.55. The van der Waals surface area contributed by atoms with Gasteiger partial charge in [-0.3, -0.25) is 0 Å². The summed E-state index contributed by atoms with van der Waals surface area (Å²) in [7, 11) is 1.39. The Bertz CT molecular complexity index is 329. The number of aromatic nitrogens is 1. The van der Waals surface area contributed by atoms with Crippen molar-refractivity contribution in [3.63, 3.8) is 0 Å². The van der Waals surface area contributed by atoms with Crippen molar-refractivity contribution in [3.05, 3.63) is 11.8 Å². The molecule has 0 saturated carbocycles. The molecule has 6 heteroatoms. The van der Waals surface area contributed by atoms with Crippen LogP contribution in [0.2, 0.25) is 0 Å². The zero-order valence-electron chi connectivity index (χ0n) is 8.31. The Labute approximate surface area is 82.5 Å². The van der Waals surface area contributed by atoms with Crippen molar-refractivity contribution >= 4 is 12.6 Å². The summed E-state index contributed by atoms with van der Waals surface area (Å²) in [5.74, 6) is 0.743. The molecule has 1 heterocycles. The molecular weight excluding hydrogens is 185 g/mol. The summed E-state index contributed by atoms with van der Waals surface area (Å²) in [6, 6.07) is 0. The highest BCUT2D eigenvalue weighted by molar-refractivity contribution is 6.59. The van der Waals surface area contributed by atoms with E-state index < -0.39 is 7.12 Å². The van der Waals surface area contributed by atoms with Crippen molar-refractivity contribution in [1.82, 2.24) is 4.98 Å². The van der Waals surface area contributed by atoms with Crippen LogP contribution < -0.4 is 14.9 Å². The first-order chi connectivity index (χ1) is 6.61. The minimum Gasteiger partial charge on any atom is -0.491 e. The Morgan fingerprint density at radius 1 is 1.29 bits per heavy atom. The number of nitrogens with zero attached hydrogens (tertiary/aromatic N) is 1. The van der Waals surface area contributed by atoms with E-state index in [9.17, 15) is 0 Å². The third kappa shape index (κ3) is 1.81. The molecule has 14 heavy (non-hydrogen) atoms. The van der Waals surface area contributed by atoms with Crippen LogP contribution in [-0.4, -0.2) is 36.4 Å². The van der Waals surface area contributed by atoms with E-state index >= 15 is 0 Å². The topological polar surface area (TPSA) is 71.8 Å². The van der Waals surface area contributed by atoms with Crippen molar-refractivity contribution in [2.24, 2.45) is 0 Å². The Kier molecular flexibility index (Phi) is 3.32. The molecular formula is C8H12BNO4. The number of rotatable bonds is 3. The number of ether oxygens (including phenoxy) is 2. The fourth-order valence-electron chi connectivity index (χ4n) is 1.22. The molecule has 0 aliphatic heterocycles. The smallest absolute Gasteiger partial charge is 0.490 e. The van der Waals surface area contributed by atoms with Gasteiger partial charge in [-0.1, -0.05) is 0 Å². The average molecular weight is 197 g/mol. The molecule has 2 N–H and O–H groups in total. The van der Waals surface area contributed by atoms with E-state index in [-0.39, 0.29) is 0 Å². The fourth-order valence-corrected chi connectivity index (χ4v) is 1.22. The monoisotopic (exact) mass is 197 g/mol. The van der Waals surface area contributed by atoms with Crippen LogP contribution in [0.1, 0.15) is 5.56 Å². The van der Waals surface area contributed by atoms with E-state index in [1.165, 1.54) is 20.4 Å². The lowest BCUT2D eigenvalue weighted by Crippen LogP contribution is -2.32. The number of methoxy groups -OCH3 is 2.